The summed E-state index contributed by atoms with van der Waals surface area (Å²) in [7, 11) is 0. The maximum absolute atomic E-state index is 12.1. The summed E-state index contributed by atoms with van der Waals surface area (Å²) in [5, 5.41) is 11.7. The third-order valence-corrected chi connectivity index (χ3v) is 4.95. The van der Waals surface area contributed by atoms with Crippen LogP contribution in [-0.2, 0) is 4.79 Å². The van der Waals surface area contributed by atoms with Crippen molar-refractivity contribution in [3.05, 3.63) is 0 Å². The first-order valence-corrected chi connectivity index (χ1v) is 7.84. The van der Waals surface area contributed by atoms with Crippen molar-refractivity contribution in [2.45, 2.75) is 64.3 Å². The third kappa shape index (κ3) is 3.44. The Kier molecular flexibility index (Phi) is 4.89. The summed E-state index contributed by atoms with van der Waals surface area (Å²) in [6, 6.07) is -0.964. The molecule has 1 atom stereocenters. The highest BCUT2D eigenvalue weighted by molar-refractivity contribution is 5.82. The molecule has 0 aromatic rings. The van der Waals surface area contributed by atoms with Crippen molar-refractivity contribution < 1.29 is 14.7 Å². The largest absolute Gasteiger partial charge is 0.480 e. The van der Waals surface area contributed by atoms with E-state index in [1.165, 1.54) is 25.7 Å². The van der Waals surface area contributed by atoms with Crippen LogP contribution >= 0.6 is 0 Å². The summed E-state index contributed by atoms with van der Waals surface area (Å²) in [5.74, 6) is -0.940. The number of rotatable bonds is 4. The molecule has 1 aliphatic heterocycles. The quantitative estimate of drug-likeness (QED) is 0.832. The van der Waals surface area contributed by atoms with Gasteiger partial charge in [0.15, 0.2) is 0 Å². The molecule has 1 spiro atoms. The van der Waals surface area contributed by atoms with Crippen LogP contribution in [0.3, 0.4) is 0 Å². The SMILES string of the molecule is CCC[C@@H](NC(=O)N1CCC2(CCCC2)CC1)C(=O)O. The molecular weight excluding hydrogens is 256 g/mol. The van der Waals surface area contributed by atoms with Gasteiger partial charge in [0.05, 0.1) is 0 Å². The van der Waals surface area contributed by atoms with Gasteiger partial charge < -0.3 is 15.3 Å². The number of carboxylic acids is 1. The number of likely N-dealkylation sites (tertiary alicyclic amines) is 1. The predicted molar refractivity (Wildman–Crippen MR) is 76.6 cm³/mol. The van der Waals surface area contributed by atoms with Gasteiger partial charge in [0.25, 0.3) is 0 Å². The number of carboxylic acid groups (broad SMARTS) is 1. The van der Waals surface area contributed by atoms with Gasteiger partial charge in [0.2, 0.25) is 0 Å². The van der Waals surface area contributed by atoms with Crippen LogP contribution in [0.2, 0.25) is 0 Å². The Labute approximate surface area is 120 Å². The van der Waals surface area contributed by atoms with E-state index in [9.17, 15) is 9.59 Å². The van der Waals surface area contributed by atoms with Crippen LogP contribution in [-0.4, -0.2) is 41.1 Å². The van der Waals surface area contributed by atoms with Crippen molar-refractivity contribution >= 4 is 12.0 Å². The highest BCUT2D eigenvalue weighted by Gasteiger charge is 2.38. The lowest BCUT2D eigenvalue weighted by Gasteiger charge is -2.39. The van der Waals surface area contributed by atoms with Crippen molar-refractivity contribution in [1.82, 2.24) is 10.2 Å². The molecule has 0 aromatic carbocycles. The predicted octanol–water partition coefficient (Wildman–Crippen LogP) is 2.61. The van der Waals surface area contributed by atoms with Crippen LogP contribution in [0.25, 0.3) is 0 Å². The zero-order valence-corrected chi connectivity index (χ0v) is 12.4. The molecule has 2 rings (SSSR count). The topological polar surface area (TPSA) is 69.6 Å². The molecule has 1 saturated carbocycles. The number of aliphatic carboxylic acids is 1. The molecule has 5 nitrogen and oxygen atoms in total. The lowest BCUT2D eigenvalue weighted by molar-refractivity contribution is -0.139. The second-order valence-electron chi connectivity index (χ2n) is 6.32. The van der Waals surface area contributed by atoms with Gasteiger partial charge in [-0.15, -0.1) is 0 Å². The first-order valence-electron chi connectivity index (χ1n) is 7.84. The Balaban J connectivity index is 1.83. The minimum absolute atomic E-state index is 0.210. The summed E-state index contributed by atoms with van der Waals surface area (Å²) in [5.41, 5.74) is 0.479. The van der Waals surface area contributed by atoms with E-state index in [1.54, 1.807) is 4.90 Å². The van der Waals surface area contributed by atoms with Gasteiger partial charge >= 0.3 is 12.0 Å². The van der Waals surface area contributed by atoms with Gasteiger partial charge in [0, 0.05) is 13.1 Å². The Morgan fingerprint density at radius 1 is 1.20 bits per heavy atom. The molecule has 1 saturated heterocycles. The molecule has 0 radical (unpaired) electrons. The Hall–Kier alpha value is -1.26. The Morgan fingerprint density at radius 3 is 2.30 bits per heavy atom. The molecule has 2 amide bonds. The molecule has 2 N–H and O–H groups in total. The minimum Gasteiger partial charge on any atom is -0.480 e. The summed E-state index contributed by atoms with van der Waals surface area (Å²) >= 11 is 0. The molecule has 0 bridgehead atoms. The molecular formula is C15H26N2O3. The van der Waals surface area contributed by atoms with Crippen LogP contribution in [0.15, 0.2) is 0 Å². The number of hydrogen-bond acceptors (Lipinski definition) is 2. The molecule has 1 aliphatic carbocycles. The van der Waals surface area contributed by atoms with E-state index in [1.807, 2.05) is 6.92 Å². The maximum atomic E-state index is 12.1. The van der Waals surface area contributed by atoms with Crippen LogP contribution in [0.4, 0.5) is 4.79 Å². The molecule has 5 heteroatoms. The number of urea groups is 1. The van der Waals surface area contributed by atoms with Gasteiger partial charge in [-0.25, -0.2) is 9.59 Å². The van der Waals surface area contributed by atoms with E-state index in [4.69, 9.17) is 5.11 Å². The lowest BCUT2D eigenvalue weighted by atomic mass is 9.77. The van der Waals surface area contributed by atoms with Gasteiger partial charge in [0.1, 0.15) is 6.04 Å². The molecule has 2 fully saturated rings. The van der Waals surface area contributed by atoms with E-state index in [0.717, 1.165) is 32.4 Å². The van der Waals surface area contributed by atoms with Crippen LogP contribution in [0.5, 0.6) is 0 Å². The molecule has 0 unspecified atom stereocenters. The Morgan fingerprint density at radius 2 is 1.80 bits per heavy atom. The third-order valence-electron chi connectivity index (χ3n) is 4.95. The van der Waals surface area contributed by atoms with E-state index in [2.05, 4.69) is 5.32 Å². The number of piperidine rings is 1. The average molecular weight is 282 g/mol. The van der Waals surface area contributed by atoms with Crippen LogP contribution in [0.1, 0.15) is 58.3 Å². The number of nitrogens with zero attached hydrogens (tertiary/aromatic N) is 1. The van der Waals surface area contributed by atoms with Crippen molar-refractivity contribution in [1.29, 1.82) is 0 Å². The summed E-state index contributed by atoms with van der Waals surface area (Å²) in [6.45, 7) is 3.46. The van der Waals surface area contributed by atoms with Crippen molar-refractivity contribution in [2.75, 3.05) is 13.1 Å². The van der Waals surface area contributed by atoms with Crippen molar-refractivity contribution in [3.63, 3.8) is 0 Å². The van der Waals surface area contributed by atoms with E-state index < -0.39 is 12.0 Å². The monoisotopic (exact) mass is 282 g/mol. The average Bonchev–Trinajstić information content (AvgIpc) is 2.87. The second-order valence-corrected chi connectivity index (χ2v) is 6.32. The van der Waals surface area contributed by atoms with E-state index in [-0.39, 0.29) is 6.03 Å². The number of carbonyl (C=O) groups is 2. The molecule has 1 heterocycles. The van der Waals surface area contributed by atoms with Crippen LogP contribution < -0.4 is 5.32 Å². The number of nitrogens with one attached hydrogen (secondary N) is 1. The Bertz CT molecular complexity index is 354. The molecule has 0 aromatic heterocycles. The maximum Gasteiger partial charge on any atom is 0.326 e. The van der Waals surface area contributed by atoms with Gasteiger partial charge in [-0.3, -0.25) is 0 Å². The van der Waals surface area contributed by atoms with Crippen molar-refractivity contribution in [3.8, 4) is 0 Å². The van der Waals surface area contributed by atoms with Crippen LogP contribution in [0, 0.1) is 5.41 Å². The normalized spacial score (nSPS) is 22.8. The van der Waals surface area contributed by atoms with E-state index in [0.29, 0.717) is 11.8 Å². The highest BCUT2D eigenvalue weighted by Crippen LogP contribution is 2.46. The molecule has 20 heavy (non-hydrogen) atoms. The fourth-order valence-corrected chi connectivity index (χ4v) is 3.60. The summed E-state index contributed by atoms with van der Waals surface area (Å²) in [6.07, 6.45) is 8.64. The smallest absolute Gasteiger partial charge is 0.326 e. The van der Waals surface area contributed by atoms with Crippen molar-refractivity contribution in [2.24, 2.45) is 5.41 Å². The van der Waals surface area contributed by atoms with Gasteiger partial charge in [-0.05, 0) is 37.5 Å². The standard InChI is InChI=1S/C15H26N2O3/c1-2-5-12(13(18)19)16-14(20)17-10-8-15(9-11-17)6-3-4-7-15/h12H,2-11H2,1H3,(H,16,20)(H,18,19)/t12-/m1/s1. The fourth-order valence-electron chi connectivity index (χ4n) is 3.60. The lowest BCUT2D eigenvalue weighted by Crippen LogP contribution is -2.51. The van der Waals surface area contributed by atoms with E-state index >= 15 is 0 Å². The van der Waals surface area contributed by atoms with Gasteiger partial charge in [-0.1, -0.05) is 26.2 Å². The second kappa shape index (κ2) is 6.46. The fraction of sp³-hybridized carbons (Fsp3) is 0.867. The molecule has 2 aliphatic rings. The first kappa shape index (κ1) is 15.1. The molecule has 114 valence electrons. The minimum atomic E-state index is -0.940. The van der Waals surface area contributed by atoms with Gasteiger partial charge in [-0.2, -0.15) is 0 Å². The summed E-state index contributed by atoms with van der Waals surface area (Å²) in [4.78, 5) is 25.0. The zero-order valence-electron chi connectivity index (χ0n) is 12.4. The summed E-state index contributed by atoms with van der Waals surface area (Å²) < 4.78 is 0. The number of hydrogen-bond donors (Lipinski definition) is 2. The zero-order chi connectivity index (χ0) is 14.6. The number of amides is 2. The first-order chi connectivity index (χ1) is 9.56. The number of carbonyl (C=O) groups excluding carboxylic acids is 1. The highest BCUT2D eigenvalue weighted by atomic mass is 16.4.